The van der Waals surface area contributed by atoms with E-state index < -0.39 is 0 Å². The summed E-state index contributed by atoms with van der Waals surface area (Å²) in [5.41, 5.74) is 0. The zero-order valence-corrected chi connectivity index (χ0v) is 11.1. The largest absolute Gasteiger partial charge is 0.395 e. The second-order valence-electron chi connectivity index (χ2n) is 5.56. The Balaban J connectivity index is 1.72. The van der Waals surface area contributed by atoms with Gasteiger partial charge in [-0.2, -0.15) is 0 Å². The number of piperidine rings is 1. The lowest BCUT2D eigenvalue weighted by Gasteiger charge is -2.41. The van der Waals surface area contributed by atoms with E-state index in [2.05, 4.69) is 22.0 Å². The summed E-state index contributed by atoms with van der Waals surface area (Å²) in [6, 6.07) is 0.595. The summed E-state index contributed by atoms with van der Waals surface area (Å²) in [7, 11) is 0. The number of piperazine rings is 1. The van der Waals surface area contributed by atoms with Crippen LogP contribution >= 0.6 is 0 Å². The normalized spacial score (nSPS) is 29.6. The van der Waals surface area contributed by atoms with Crippen LogP contribution in [0.2, 0.25) is 0 Å². The number of hydrogen-bond acceptors (Lipinski definition) is 4. The average Bonchev–Trinajstić information content (AvgIpc) is 2.34. The van der Waals surface area contributed by atoms with E-state index in [-0.39, 0.29) is 0 Å². The van der Waals surface area contributed by atoms with Crippen LogP contribution in [0.15, 0.2) is 0 Å². The number of β-amino-alcohol motifs (C(OH)–C–C–N with tert-alkyl or cyclic N) is 1. The highest BCUT2D eigenvalue weighted by Gasteiger charge is 2.25. The van der Waals surface area contributed by atoms with Crippen molar-refractivity contribution in [2.45, 2.75) is 25.8 Å². The number of aliphatic hydroxyl groups is 1. The molecule has 1 atom stereocenters. The van der Waals surface area contributed by atoms with Crippen molar-refractivity contribution in [3.05, 3.63) is 0 Å². The Hall–Kier alpha value is -0.160. The number of nitrogens with one attached hydrogen (secondary N) is 1. The summed E-state index contributed by atoms with van der Waals surface area (Å²) in [4.78, 5) is 5.02. The third-order valence-electron chi connectivity index (χ3n) is 4.21. The summed E-state index contributed by atoms with van der Waals surface area (Å²) >= 11 is 0. The van der Waals surface area contributed by atoms with Gasteiger partial charge in [0.05, 0.1) is 6.61 Å². The summed E-state index contributed by atoms with van der Waals surface area (Å²) in [6.45, 7) is 10.5. The summed E-state index contributed by atoms with van der Waals surface area (Å²) < 4.78 is 0. The van der Waals surface area contributed by atoms with Gasteiger partial charge in [0.15, 0.2) is 0 Å². The van der Waals surface area contributed by atoms with Crippen molar-refractivity contribution >= 4 is 0 Å². The van der Waals surface area contributed by atoms with Crippen molar-refractivity contribution < 1.29 is 5.11 Å². The molecular formula is C13H27N3O. The summed E-state index contributed by atoms with van der Waals surface area (Å²) in [5, 5.41) is 12.4. The van der Waals surface area contributed by atoms with Crippen LogP contribution in [0.1, 0.15) is 19.8 Å². The third-order valence-corrected chi connectivity index (χ3v) is 4.21. The van der Waals surface area contributed by atoms with Gasteiger partial charge >= 0.3 is 0 Å². The molecule has 2 heterocycles. The maximum Gasteiger partial charge on any atom is 0.0558 e. The van der Waals surface area contributed by atoms with E-state index >= 15 is 0 Å². The van der Waals surface area contributed by atoms with E-state index in [9.17, 15) is 0 Å². The van der Waals surface area contributed by atoms with Gasteiger partial charge in [-0.3, -0.25) is 4.90 Å². The minimum atomic E-state index is 0.290. The van der Waals surface area contributed by atoms with E-state index in [0.29, 0.717) is 12.6 Å². The molecule has 0 aromatic heterocycles. The Labute approximate surface area is 105 Å². The predicted octanol–water partition coefficient (Wildman–Crippen LogP) is -0.0156. The molecule has 2 rings (SSSR count). The molecule has 4 nitrogen and oxygen atoms in total. The van der Waals surface area contributed by atoms with Crippen LogP contribution in [-0.2, 0) is 0 Å². The Morgan fingerprint density at radius 3 is 2.65 bits per heavy atom. The van der Waals surface area contributed by atoms with Gasteiger partial charge in [-0.05, 0) is 38.8 Å². The van der Waals surface area contributed by atoms with Gasteiger partial charge in [-0.15, -0.1) is 0 Å². The molecule has 0 aromatic rings. The van der Waals surface area contributed by atoms with Gasteiger partial charge in [-0.1, -0.05) is 0 Å². The van der Waals surface area contributed by atoms with E-state index in [1.54, 1.807) is 0 Å². The lowest BCUT2D eigenvalue weighted by atomic mass is 9.97. The minimum Gasteiger partial charge on any atom is -0.395 e. The van der Waals surface area contributed by atoms with Crippen LogP contribution in [0.25, 0.3) is 0 Å². The van der Waals surface area contributed by atoms with Crippen molar-refractivity contribution in [3.63, 3.8) is 0 Å². The molecule has 4 heteroatoms. The molecule has 2 aliphatic rings. The molecule has 0 aromatic carbocycles. The molecule has 0 aliphatic carbocycles. The van der Waals surface area contributed by atoms with Gasteiger partial charge in [0.2, 0.25) is 0 Å². The molecule has 100 valence electrons. The van der Waals surface area contributed by atoms with Crippen molar-refractivity contribution in [1.29, 1.82) is 0 Å². The Kier molecular flexibility index (Phi) is 5.22. The zero-order chi connectivity index (χ0) is 12.1. The first-order valence-corrected chi connectivity index (χ1v) is 7.07. The number of rotatable bonds is 4. The Bertz CT molecular complexity index is 219. The molecule has 0 spiro atoms. The topological polar surface area (TPSA) is 38.7 Å². The molecule has 0 bridgehead atoms. The molecule has 0 radical (unpaired) electrons. The van der Waals surface area contributed by atoms with E-state index in [0.717, 1.165) is 19.0 Å². The van der Waals surface area contributed by atoms with Crippen LogP contribution in [-0.4, -0.2) is 73.4 Å². The number of nitrogens with zero attached hydrogens (tertiary/aromatic N) is 2. The van der Waals surface area contributed by atoms with Gasteiger partial charge in [0.1, 0.15) is 0 Å². The van der Waals surface area contributed by atoms with Crippen LogP contribution in [0, 0.1) is 5.92 Å². The van der Waals surface area contributed by atoms with E-state index in [1.165, 1.54) is 45.6 Å². The first-order valence-electron chi connectivity index (χ1n) is 7.07. The predicted molar refractivity (Wildman–Crippen MR) is 70.2 cm³/mol. The molecule has 0 amide bonds. The average molecular weight is 241 g/mol. The van der Waals surface area contributed by atoms with Gasteiger partial charge in [-0.25, -0.2) is 0 Å². The molecular weight excluding hydrogens is 214 g/mol. The number of aliphatic hydroxyl groups excluding tert-OH is 1. The Morgan fingerprint density at radius 2 is 2.00 bits per heavy atom. The first kappa shape index (κ1) is 13.3. The molecule has 2 N–H and O–H groups in total. The fraction of sp³-hybridized carbons (Fsp3) is 1.00. The molecule has 2 fully saturated rings. The van der Waals surface area contributed by atoms with Crippen molar-refractivity contribution in [3.8, 4) is 0 Å². The highest BCUT2D eigenvalue weighted by atomic mass is 16.3. The van der Waals surface area contributed by atoms with Gasteiger partial charge in [0.25, 0.3) is 0 Å². The second-order valence-corrected chi connectivity index (χ2v) is 5.56. The lowest BCUT2D eigenvalue weighted by molar-refractivity contribution is 0.0571. The van der Waals surface area contributed by atoms with Crippen LogP contribution in [0.5, 0.6) is 0 Å². The second kappa shape index (κ2) is 6.69. The van der Waals surface area contributed by atoms with Crippen LogP contribution in [0.3, 0.4) is 0 Å². The molecule has 1 unspecified atom stereocenters. The zero-order valence-electron chi connectivity index (χ0n) is 11.1. The van der Waals surface area contributed by atoms with Crippen LogP contribution < -0.4 is 5.32 Å². The first-order chi connectivity index (χ1) is 8.29. The smallest absolute Gasteiger partial charge is 0.0558 e. The molecule has 17 heavy (non-hydrogen) atoms. The molecule has 2 saturated heterocycles. The highest BCUT2D eigenvalue weighted by Crippen LogP contribution is 2.16. The standard InChI is InChI=1S/C13H27N3O/c1-12-10-15(6-7-16(12)8-9-17)11-13-2-4-14-5-3-13/h12-14,17H,2-11H2,1H3. The molecule has 0 saturated carbocycles. The SMILES string of the molecule is CC1CN(CC2CCNCC2)CCN1CCO. The number of hydrogen-bond donors (Lipinski definition) is 2. The van der Waals surface area contributed by atoms with Gasteiger partial charge in [0, 0.05) is 38.8 Å². The third kappa shape index (κ3) is 3.91. The van der Waals surface area contributed by atoms with Crippen molar-refractivity contribution in [2.75, 3.05) is 52.4 Å². The van der Waals surface area contributed by atoms with Crippen LogP contribution in [0.4, 0.5) is 0 Å². The Morgan fingerprint density at radius 1 is 1.24 bits per heavy atom. The monoisotopic (exact) mass is 241 g/mol. The quantitative estimate of drug-likeness (QED) is 0.726. The maximum atomic E-state index is 9.00. The summed E-state index contributed by atoms with van der Waals surface area (Å²) in [6.07, 6.45) is 2.68. The fourth-order valence-electron chi connectivity index (χ4n) is 3.13. The van der Waals surface area contributed by atoms with E-state index in [1.807, 2.05) is 0 Å². The van der Waals surface area contributed by atoms with Gasteiger partial charge < -0.3 is 15.3 Å². The fourth-order valence-corrected chi connectivity index (χ4v) is 3.13. The van der Waals surface area contributed by atoms with Crippen molar-refractivity contribution in [1.82, 2.24) is 15.1 Å². The summed E-state index contributed by atoms with van der Waals surface area (Å²) in [5.74, 6) is 0.896. The van der Waals surface area contributed by atoms with Crippen molar-refractivity contribution in [2.24, 2.45) is 5.92 Å². The minimum absolute atomic E-state index is 0.290. The molecule has 2 aliphatic heterocycles. The van der Waals surface area contributed by atoms with E-state index in [4.69, 9.17) is 5.11 Å². The highest BCUT2D eigenvalue weighted by molar-refractivity contribution is 4.81. The lowest BCUT2D eigenvalue weighted by Crippen LogP contribution is -2.53. The maximum absolute atomic E-state index is 9.00.